The van der Waals surface area contributed by atoms with Crippen LogP contribution in [0.25, 0.3) is 56.0 Å². The first-order chi connectivity index (χ1) is 17.7. The van der Waals surface area contributed by atoms with Gasteiger partial charge in [0.05, 0.1) is 35.3 Å². The number of aromatic nitrogens is 7. The summed E-state index contributed by atoms with van der Waals surface area (Å²) in [6.45, 7) is 0. The Kier molecular flexibility index (Phi) is 4.78. The third-order valence-corrected chi connectivity index (χ3v) is 6.85. The molecule has 6 aromatic heterocycles. The number of aliphatic hydroxyl groups is 1. The second-order valence-electron chi connectivity index (χ2n) is 9.09. The molecule has 7 rings (SSSR count). The molecule has 36 heavy (non-hydrogen) atoms. The van der Waals surface area contributed by atoms with E-state index in [2.05, 4.69) is 35.5 Å². The molecule has 0 bridgehead atoms. The van der Waals surface area contributed by atoms with Crippen molar-refractivity contribution in [1.29, 1.82) is 0 Å². The Morgan fingerprint density at radius 1 is 1.03 bits per heavy atom. The van der Waals surface area contributed by atoms with Gasteiger partial charge in [-0.2, -0.15) is 5.10 Å². The number of hydrogen-bond donors (Lipinski definition) is 4. The summed E-state index contributed by atoms with van der Waals surface area (Å²) < 4.78 is 5.26. The summed E-state index contributed by atoms with van der Waals surface area (Å²) in [4.78, 5) is 21.4. The summed E-state index contributed by atoms with van der Waals surface area (Å²) in [6.07, 6.45) is 13.0. The number of aromatic amines is 2. The summed E-state index contributed by atoms with van der Waals surface area (Å²) in [7, 11) is 0. The number of aliphatic hydroxyl groups excluding tert-OH is 1. The van der Waals surface area contributed by atoms with Gasteiger partial charge in [0.1, 0.15) is 11.9 Å². The molecular formula is C26H22N8O2. The molecule has 0 spiro atoms. The minimum absolute atomic E-state index is 0.299. The van der Waals surface area contributed by atoms with E-state index in [0.717, 1.165) is 57.4 Å². The van der Waals surface area contributed by atoms with Crippen molar-refractivity contribution in [2.75, 3.05) is 5.32 Å². The van der Waals surface area contributed by atoms with Crippen LogP contribution in [0.1, 0.15) is 19.3 Å². The molecule has 1 saturated carbocycles. The number of furan rings is 1. The maximum Gasteiger partial charge on any atom is 0.181 e. The van der Waals surface area contributed by atoms with Crippen molar-refractivity contribution < 1.29 is 9.52 Å². The normalized spacial score (nSPS) is 14.8. The van der Waals surface area contributed by atoms with Crippen LogP contribution in [-0.4, -0.2) is 46.5 Å². The van der Waals surface area contributed by atoms with Gasteiger partial charge in [-0.15, -0.1) is 0 Å². The Morgan fingerprint density at radius 3 is 2.78 bits per heavy atom. The third-order valence-electron chi connectivity index (χ3n) is 6.85. The van der Waals surface area contributed by atoms with Crippen molar-refractivity contribution in [2.24, 2.45) is 5.92 Å². The Morgan fingerprint density at radius 2 is 1.94 bits per heavy atom. The molecule has 178 valence electrons. The molecule has 6 heterocycles. The number of rotatable bonds is 6. The van der Waals surface area contributed by atoms with Crippen LogP contribution in [0.4, 0.5) is 5.69 Å². The third kappa shape index (κ3) is 3.50. The molecule has 10 nitrogen and oxygen atoms in total. The van der Waals surface area contributed by atoms with Crippen molar-refractivity contribution in [3.63, 3.8) is 0 Å². The molecule has 0 amide bonds. The van der Waals surface area contributed by atoms with Crippen molar-refractivity contribution in [2.45, 2.75) is 25.5 Å². The summed E-state index contributed by atoms with van der Waals surface area (Å²) >= 11 is 0. The molecular weight excluding hydrogens is 456 g/mol. The summed E-state index contributed by atoms with van der Waals surface area (Å²) in [5.74, 6) is 0.916. The van der Waals surface area contributed by atoms with Gasteiger partial charge < -0.3 is 19.8 Å². The predicted molar refractivity (Wildman–Crippen MR) is 135 cm³/mol. The lowest BCUT2D eigenvalue weighted by Gasteiger charge is -2.31. The van der Waals surface area contributed by atoms with E-state index in [9.17, 15) is 5.11 Å². The quantitative estimate of drug-likeness (QED) is 0.251. The van der Waals surface area contributed by atoms with Crippen LogP contribution in [0.2, 0.25) is 0 Å². The highest BCUT2D eigenvalue weighted by Crippen LogP contribution is 2.33. The molecule has 6 aromatic rings. The van der Waals surface area contributed by atoms with Gasteiger partial charge in [-0.1, -0.05) is 6.42 Å². The number of pyridine rings is 3. The second kappa shape index (κ2) is 8.28. The van der Waals surface area contributed by atoms with Crippen LogP contribution < -0.4 is 5.32 Å². The predicted octanol–water partition coefficient (Wildman–Crippen LogP) is 4.75. The lowest BCUT2D eigenvalue weighted by molar-refractivity contribution is 0.0851. The van der Waals surface area contributed by atoms with Gasteiger partial charge in [0.25, 0.3) is 0 Å². The van der Waals surface area contributed by atoms with E-state index in [1.54, 1.807) is 37.3 Å². The van der Waals surface area contributed by atoms with E-state index >= 15 is 0 Å². The monoisotopic (exact) mass is 478 g/mol. The first-order valence-corrected chi connectivity index (χ1v) is 11.8. The maximum absolute atomic E-state index is 10.4. The van der Waals surface area contributed by atoms with Crippen molar-refractivity contribution in [1.82, 2.24) is 35.1 Å². The zero-order chi connectivity index (χ0) is 24.1. The fraction of sp³-hybridized carbons (Fsp3) is 0.192. The fourth-order valence-electron chi connectivity index (χ4n) is 4.65. The highest BCUT2D eigenvalue weighted by Gasteiger charge is 2.25. The Labute approximate surface area is 204 Å². The second-order valence-corrected chi connectivity index (χ2v) is 9.09. The van der Waals surface area contributed by atoms with E-state index < -0.39 is 6.23 Å². The SMILES string of the molecule is OC(Nc1cncc(-c2cnc3n[nH]c(-c4nc5nccc(-c6ccoc6)c5[nH]4)c3c2)c1)C1CCC1. The van der Waals surface area contributed by atoms with Gasteiger partial charge in [0.2, 0.25) is 0 Å². The zero-order valence-electron chi connectivity index (χ0n) is 19.1. The number of nitrogens with zero attached hydrogens (tertiary/aromatic N) is 5. The molecule has 1 unspecified atom stereocenters. The molecule has 0 radical (unpaired) electrons. The highest BCUT2D eigenvalue weighted by atomic mass is 16.3. The van der Waals surface area contributed by atoms with Gasteiger partial charge in [0, 0.05) is 46.8 Å². The molecule has 1 aliphatic rings. The number of anilines is 1. The van der Waals surface area contributed by atoms with E-state index in [1.807, 2.05) is 24.3 Å². The smallest absolute Gasteiger partial charge is 0.181 e. The van der Waals surface area contributed by atoms with Crippen LogP contribution in [0.5, 0.6) is 0 Å². The van der Waals surface area contributed by atoms with E-state index in [1.165, 1.54) is 6.42 Å². The highest BCUT2D eigenvalue weighted by molar-refractivity contribution is 5.96. The molecule has 1 atom stereocenters. The van der Waals surface area contributed by atoms with Crippen LogP contribution in [-0.2, 0) is 0 Å². The van der Waals surface area contributed by atoms with Crippen molar-refractivity contribution in [3.8, 4) is 33.8 Å². The van der Waals surface area contributed by atoms with Crippen LogP contribution in [0.15, 0.2) is 66.0 Å². The number of H-pyrrole nitrogens is 2. The first kappa shape index (κ1) is 20.8. The average molecular weight is 479 g/mol. The first-order valence-electron chi connectivity index (χ1n) is 11.8. The molecule has 10 heteroatoms. The Bertz CT molecular complexity index is 1680. The molecule has 1 fully saturated rings. The fourth-order valence-corrected chi connectivity index (χ4v) is 4.65. The summed E-state index contributed by atoms with van der Waals surface area (Å²) in [5.41, 5.74) is 7.16. The molecule has 4 N–H and O–H groups in total. The minimum atomic E-state index is -0.564. The van der Waals surface area contributed by atoms with Gasteiger partial charge in [0.15, 0.2) is 17.1 Å². The standard InChI is InChI=1S/C26H22N8O2/c35-26(14-2-1-3-14)30-18-8-16(10-27-12-18)17-9-20-22(33-34-23(20)29-11-17)25-31-21-19(15-5-7-36-13-15)4-6-28-24(21)32-25/h4-14,26,30,35H,1-3H2,(H,28,31,32)(H,29,33,34). The minimum Gasteiger partial charge on any atom is -0.472 e. The average Bonchev–Trinajstić information content (AvgIpc) is 3.61. The maximum atomic E-state index is 10.4. The van der Waals surface area contributed by atoms with Crippen molar-refractivity contribution in [3.05, 3.63) is 61.6 Å². The summed E-state index contributed by atoms with van der Waals surface area (Å²) in [5, 5.41) is 21.9. The van der Waals surface area contributed by atoms with Crippen LogP contribution in [0, 0.1) is 5.92 Å². The molecule has 0 aromatic carbocycles. The molecule has 0 aliphatic heterocycles. The van der Waals surface area contributed by atoms with Crippen molar-refractivity contribution >= 4 is 27.9 Å². The van der Waals surface area contributed by atoms with E-state index in [4.69, 9.17) is 9.40 Å². The van der Waals surface area contributed by atoms with E-state index in [-0.39, 0.29) is 0 Å². The largest absolute Gasteiger partial charge is 0.472 e. The van der Waals surface area contributed by atoms with Gasteiger partial charge >= 0.3 is 0 Å². The molecule has 1 aliphatic carbocycles. The molecule has 0 saturated heterocycles. The summed E-state index contributed by atoms with van der Waals surface area (Å²) in [6, 6.07) is 7.82. The lowest BCUT2D eigenvalue weighted by atomic mass is 9.84. The topological polar surface area (TPSA) is 141 Å². The van der Waals surface area contributed by atoms with Crippen LogP contribution >= 0.6 is 0 Å². The van der Waals surface area contributed by atoms with E-state index in [0.29, 0.717) is 23.0 Å². The van der Waals surface area contributed by atoms with Crippen LogP contribution in [0.3, 0.4) is 0 Å². The lowest BCUT2D eigenvalue weighted by Crippen LogP contribution is -2.33. The zero-order valence-corrected chi connectivity index (χ0v) is 19.1. The number of imidazole rings is 1. The number of hydrogen-bond acceptors (Lipinski definition) is 8. The van der Waals surface area contributed by atoms with Gasteiger partial charge in [-0.05, 0) is 37.1 Å². The van der Waals surface area contributed by atoms with Gasteiger partial charge in [-0.3, -0.25) is 10.1 Å². The van der Waals surface area contributed by atoms with Gasteiger partial charge in [-0.25, -0.2) is 15.0 Å². The number of fused-ring (bicyclic) bond motifs is 2. The Hall–Kier alpha value is -4.57. The number of nitrogens with one attached hydrogen (secondary N) is 3. The Balaban J connectivity index is 1.26.